The smallest absolute Gasteiger partial charge is 0.139 e. The van der Waals surface area contributed by atoms with Crippen molar-refractivity contribution in [3.8, 4) is 11.8 Å². The Labute approximate surface area is 67.0 Å². The quantitative estimate of drug-likeness (QED) is 0.426. The van der Waals surface area contributed by atoms with Crippen LogP contribution in [0.15, 0.2) is 0 Å². The Kier molecular flexibility index (Phi) is 3.99. The maximum Gasteiger partial charge on any atom is 0.139 e. The Morgan fingerprint density at radius 2 is 2.00 bits per heavy atom. The van der Waals surface area contributed by atoms with Crippen molar-refractivity contribution in [2.24, 2.45) is 0 Å². The number of ether oxygens (including phenoxy) is 1. The lowest BCUT2D eigenvalue weighted by molar-refractivity contribution is -0.900. The number of aliphatic hydroxyl groups is 1. The zero-order valence-electron chi connectivity index (χ0n) is 6.60. The second-order valence-corrected chi connectivity index (χ2v) is 2.55. The summed E-state index contributed by atoms with van der Waals surface area (Å²) in [4.78, 5) is 1.46. The monoisotopic (exact) mass is 156 g/mol. The first-order valence-corrected chi connectivity index (χ1v) is 3.91. The normalized spacial score (nSPS) is 19.0. The summed E-state index contributed by atoms with van der Waals surface area (Å²) >= 11 is 0. The lowest BCUT2D eigenvalue weighted by atomic mass is 10.4. The van der Waals surface area contributed by atoms with E-state index in [0.717, 1.165) is 32.8 Å². The van der Waals surface area contributed by atoms with E-state index in [1.54, 1.807) is 0 Å². The first-order chi connectivity index (χ1) is 5.43. The van der Waals surface area contributed by atoms with Crippen LogP contribution in [0.2, 0.25) is 0 Å². The Morgan fingerprint density at radius 1 is 1.27 bits per heavy atom. The van der Waals surface area contributed by atoms with Gasteiger partial charge < -0.3 is 14.7 Å². The van der Waals surface area contributed by atoms with Crippen molar-refractivity contribution in [2.45, 2.75) is 0 Å². The predicted molar refractivity (Wildman–Crippen MR) is 41.2 cm³/mol. The molecule has 0 aliphatic carbocycles. The highest BCUT2D eigenvalue weighted by Crippen LogP contribution is 1.73. The average molecular weight is 156 g/mol. The molecule has 1 aliphatic heterocycles. The number of hydrogen-bond donors (Lipinski definition) is 2. The van der Waals surface area contributed by atoms with Crippen LogP contribution >= 0.6 is 0 Å². The summed E-state index contributed by atoms with van der Waals surface area (Å²) in [5.41, 5.74) is 0. The third-order valence-electron chi connectivity index (χ3n) is 1.74. The van der Waals surface area contributed by atoms with Gasteiger partial charge in [0.15, 0.2) is 0 Å². The van der Waals surface area contributed by atoms with E-state index in [-0.39, 0.29) is 6.61 Å². The van der Waals surface area contributed by atoms with Crippen LogP contribution in [-0.2, 0) is 4.74 Å². The molecule has 1 heterocycles. The van der Waals surface area contributed by atoms with Crippen LogP contribution in [0, 0.1) is 11.8 Å². The van der Waals surface area contributed by atoms with Crippen molar-refractivity contribution in [3.05, 3.63) is 0 Å². The molecule has 1 saturated heterocycles. The van der Waals surface area contributed by atoms with Crippen molar-refractivity contribution >= 4 is 0 Å². The van der Waals surface area contributed by atoms with Crippen LogP contribution in [-0.4, -0.2) is 44.6 Å². The number of quaternary nitrogens is 1. The van der Waals surface area contributed by atoms with Crippen molar-refractivity contribution in [2.75, 3.05) is 39.5 Å². The van der Waals surface area contributed by atoms with Gasteiger partial charge in [0, 0.05) is 0 Å². The maximum atomic E-state index is 8.39. The maximum absolute atomic E-state index is 8.39. The van der Waals surface area contributed by atoms with Gasteiger partial charge >= 0.3 is 0 Å². The summed E-state index contributed by atoms with van der Waals surface area (Å²) < 4.78 is 5.19. The SMILES string of the molecule is OCC#CC[NH+]1CCOCC1. The number of aliphatic hydroxyl groups excluding tert-OH is 1. The van der Waals surface area contributed by atoms with E-state index in [1.165, 1.54) is 4.90 Å². The van der Waals surface area contributed by atoms with E-state index in [4.69, 9.17) is 9.84 Å². The van der Waals surface area contributed by atoms with E-state index in [1.807, 2.05) is 0 Å². The van der Waals surface area contributed by atoms with Gasteiger partial charge in [0.05, 0.1) is 13.2 Å². The molecular weight excluding hydrogens is 142 g/mol. The number of morpholine rings is 1. The van der Waals surface area contributed by atoms with Crippen LogP contribution in [0.3, 0.4) is 0 Å². The molecule has 0 spiro atoms. The van der Waals surface area contributed by atoms with Gasteiger partial charge in [-0.05, 0) is 5.92 Å². The van der Waals surface area contributed by atoms with Crippen LogP contribution in [0.1, 0.15) is 0 Å². The first-order valence-electron chi connectivity index (χ1n) is 3.91. The number of nitrogens with one attached hydrogen (secondary N) is 1. The van der Waals surface area contributed by atoms with Gasteiger partial charge in [-0.1, -0.05) is 5.92 Å². The van der Waals surface area contributed by atoms with E-state index in [2.05, 4.69) is 11.8 Å². The molecule has 0 aromatic carbocycles. The fourth-order valence-electron chi connectivity index (χ4n) is 1.08. The number of hydrogen-bond acceptors (Lipinski definition) is 2. The van der Waals surface area contributed by atoms with Crippen molar-refractivity contribution < 1.29 is 14.7 Å². The van der Waals surface area contributed by atoms with Gasteiger partial charge in [-0.25, -0.2) is 0 Å². The third-order valence-corrected chi connectivity index (χ3v) is 1.74. The third kappa shape index (κ3) is 3.38. The summed E-state index contributed by atoms with van der Waals surface area (Å²) in [5, 5.41) is 8.39. The molecule has 0 aromatic heterocycles. The van der Waals surface area contributed by atoms with Crippen LogP contribution in [0.5, 0.6) is 0 Å². The molecule has 0 radical (unpaired) electrons. The Morgan fingerprint density at radius 3 is 2.64 bits per heavy atom. The van der Waals surface area contributed by atoms with Gasteiger partial charge in [-0.3, -0.25) is 0 Å². The lowest BCUT2D eigenvalue weighted by Gasteiger charge is -2.21. The largest absolute Gasteiger partial charge is 0.384 e. The first kappa shape index (κ1) is 8.54. The van der Waals surface area contributed by atoms with Gasteiger partial charge in [0.25, 0.3) is 0 Å². The predicted octanol–water partition coefficient (Wildman–Crippen LogP) is -2.10. The molecule has 1 fully saturated rings. The molecule has 0 bridgehead atoms. The van der Waals surface area contributed by atoms with E-state index >= 15 is 0 Å². The average Bonchev–Trinajstić information content (AvgIpc) is 2.07. The fourth-order valence-corrected chi connectivity index (χ4v) is 1.08. The summed E-state index contributed by atoms with van der Waals surface area (Å²) in [6.07, 6.45) is 0. The molecule has 0 atom stereocenters. The van der Waals surface area contributed by atoms with E-state index < -0.39 is 0 Å². The number of rotatable bonds is 1. The molecule has 3 nitrogen and oxygen atoms in total. The summed E-state index contributed by atoms with van der Waals surface area (Å²) in [6.45, 7) is 4.58. The van der Waals surface area contributed by atoms with Gasteiger partial charge in [0.2, 0.25) is 0 Å². The Bertz CT molecular complexity index is 153. The Hall–Kier alpha value is -0.560. The van der Waals surface area contributed by atoms with Crippen LogP contribution < -0.4 is 4.90 Å². The zero-order valence-corrected chi connectivity index (χ0v) is 6.60. The van der Waals surface area contributed by atoms with Crippen molar-refractivity contribution in [1.29, 1.82) is 0 Å². The van der Waals surface area contributed by atoms with Crippen molar-refractivity contribution in [1.82, 2.24) is 0 Å². The highest BCUT2D eigenvalue weighted by molar-refractivity contribution is 4.98. The molecule has 3 heteroatoms. The standard InChI is InChI=1S/C8H13NO2/c10-6-2-1-3-9-4-7-11-8-5-9/h10H,3-8H2/p+1. The molecule has 2 N–H and O–H groups in total. The highest BCUT2D eigenvalue weighted by atomic mass is 16.5. The molecule has 62 valence electrons. The zero-order chi connectivity index (χ0) is 7.94. The minimum Gasteiger partial charge on any atom is -0.384 e. The molecule has 0 unspecified atom stereocenters. The second-order valence-electron chi connectivity index (χ2n) is 2.55. The van der Waals surface area contributed by atoms with E-state index in [9.17, 15) is 0 Å². The molecule has 0 amide bonds. The van der Waals surface area contributed by atoms with Crippen LogP contribution in [0.4, 0.5) is 0 Å². The molecule has 0 saturated carbocycles. The summed E-state index contributed by atoms with van der Waals surface area (Å²) in [7, 11) is 0. The van der Waals surface area contributed by atoms with Gasteiger partial charge in [-0.15, -0.1) is 0 Å². The molecular formula is C8H14NO2+. The van der Waals surface area contributed by atoms with Crippen molar-refractivity contribution in [3.63, 3.8) is 0 Å². The molecule has 0 aromatic rings. The molecule has 11 heavy (non-hydrogen) atoms. The molecule has 1 rings (SSSR count). The molecule has 1 aliphatic rings. The Balaban J connectivity index is 2.14. The van der Waals surface area contributed by atoms with Gasteiger partial charge in [-0.2, -0.15) is 0 Å². The van der Waals surface area contributed by atoms with Crippen LogP contribution in [0.25, 0.3) is 0 Å². The minimum atomic E-state index is -0.0240. The lowest BCUT2D eigenvalue weighted by Crippen LogP contribution is -3.14. The van der Waals surface area contributed by atoms with E-state index in [0.29, 0.717) is 0 Å². The minimum absolute atomic E-state index is 0.0240. The highest BCUT2D eigenvalue weighted by Gasteiger charge is 2.10. The topological polar surface area (TPSA) is 33.9 Å². The summed E-state index contributed by atoms with van der Waals surface area (Å²) in [6, 6.07) is 0. The second kappa shape index (κ2) is 5.14. The summed E-state index contributed by atoms with van der Waals surface area (Å²) in [5.74, 6) is 5.55. The fraction of sp³-hybridized carbons (Fsp3) is 0.750. The van der Waals surface area contributed by atoms with Gasteiger partial charge in [0.1, 0.15) is 26.2 Å².